The molecule has 0 amide bonds. The van der Waals surface area contributed by atoms with Crippen LogP contribution in [0.4, 0.5) is 5.82 Å². The highest BCUT2D eigenvalue weighted by Crippen LogP contribution is 2.11. The summed E-state index contributed by atoms with van der Waals surface area (Å²) in [5, 5.41) is 7.55. The Bertz CT molecular complexity index is 301. The van der Waals surface area contributed by atoms with Crippen LogP contribution in [-0.4, -0.2) is 21.9 Å². The van der Waals surface area contributed by atoms with Gasteiger partial charge in [0, 0.05) is 25.2 Å². The van der Waals surface area contributed by atoms with Crippen LogP contribution in [0, 0.1) is 6.92 Å². The summed E-state index contributed by atoms with van der Waals surface area (Å²) in [4.78, 5) is 0. The number of anilines is 1. The van der Waals surface area contributed by atoms with Crippen molar-refractivity contribution >= 4 is 5.82 Å². The zero-order valence-corrected chi connectivity index (χ0v) is 9.46. The summed E-state index contributed by atoms with van der Waals surface area (Å²) in [7, 11) is 1.93. The number of nitrogens with one attached hydrogen (secondary N) is 1. The van der Waals surface area contributed by atoms with Crippen molar-refractivity contribution < 1.29 is 0 Å². The molecule has 1 heterocycles. The average Bonchev–Trinajstić information content (AvgIpc) is 2.42. The second kappa shape index (κ2) is 4.00. The van der Waals surface area contributed by atoms with E-state index in [1.54, 1.807) is 0 Å². The summed E-state index contributed by atoms with van der Waals surface area (Å²) >= 11 is 0. The topological polar surface area (TPSA) is 55.9 Å². The second-order valence-electron chi connectivity index (χ2n) is 4.16. The number of hydrogen-bond acceptors (Lipinski definition) is 3. The fourth-order valence-electron chi connectivity index (χ4n) is 1.19. The molecule has 0 fully saturated rings. The summed E-state index contributed by atoms with van der Waals surface area (Å²) in [5.41, 5.74) is 6.89. The maximum Gasteiger partial charge on any atom is 0.124 e. The van der Waals surface area contributed by atoms with E-state index < -0.39 is 0 Å². The monoisotopic (exact) mass is 196 g/mol. The quantitative estimate of drug-likeness (QED) is 0.762. The molecule has 14 heavy (non-hydrogen) atoms. The van der Waals surface area contributed by atoms with E-state index in [1.807, 2.05) is 31.6 Å². The Morgan fingerprint density at radius 2 is 2.29 bits per heavy atom. The maximum absolute atomic E-state index is 6.03. The van der Waals surface area contributed by atoms with E-state index in [2.05, 4.69) is 17.3 Å². The van der Waals surface area contributed by atoms with Gasteiger partial charge in [-0.1, -0.05) is 6.92 Å². The number of aryl methyl sites for hydroxylation is 2. The molecular formula is C10H20N4. The molecule has 4 nitrogen and oxygen atoms in total. The van der Waals surface area contributed by atoms with Crippen LogP contribution in [0.5, 0.6) is 0 Å². The van der Waals surface area contributed by atoms with Crippen molar-refractivity contribution in [3.8, 4) is 0 Å². The van der Waals surface area contributed by atoms with Gasteiger partial charge in [-0.3, -0.25) is 4.68 Å². The molecule has 0 aliphatic heterocycles. The summed E-state index contributed by atoms with van der Waals surface area (Å²) in [5.74, 6) is 1.02. The minimum Gasteiger partial charge on any atom is -0.368 e. The Kier molecular flexibility index (Phi) is 3.16. The Morgan fingerprint density at radius 3 is 2.71 bits per heavy atom. The highest BCUT2D eigenvalue weighted by Gasteiger charge is 2.15. The van der Waals surface area contributed by atoms with Crippen molar-refractivity contribution in [2.24, 2.45) is 12.8 Å². The molecular weight excluding hydrogens is 176 g/mol. The maximum atomic E-state index is 6.03. The van der Waals surface area contributed by atoms with E-state index >= 15 is 0 Å². The van der Waals surface area contributed by atoms with Crippen LogP contribution in [0.25, 0.3) is 0 Å². The Labute approximate surface area is 85.5 Å². The molecule has 80 valence electrons. The van der Waals surface area contributed by atoms with Crippen LogP contribution in [0.2, 0.25) is 0 Å². The van der Waals surface area contributed by atoms with Crippen LogP contribution >= 0.6 is 0 Å². The van der Waals surface area contributed by atoms with Crippen molar-refractivity contribution in [3.63, 3.8) is 0 Å². The molecule has 0 spiro atoms. The van der Waals surface area contributed by atoms with Crippen LogP contribution < -0.4 is 11.1 Å². The highest BCUT2D eigenvalue weighted by atomic mass is 15.3. The van der Waals surface area contributed by atoms with E-state index in [-0.39, 0.29) is 5.54 Å². The standard InChI is InChI=1S/C10H20N4/c1-5-10(3,11)7-12-9-6-8(2)13-14(9)4/h6,12H,5,7,11H2,1-4H3. The molecule has 0 aliphatic rings. The second-order valence-corrected chi connectivity index (χ2v) is 4.16. The Morgan fingerprint density at radius 1 is 1.64 bits per heavy atom. The molecule has 1 rings (SSSR count). The fraction of sp³-hybridized carbons (Fsp3) is 0.700. The molecule has 1 aromatic heterocycles. The van der Waals surface area contributed by atoms with Crippen LogP contribution in [0.15, 0.2) is 6.07 Å². The molecule has 1 aromatic rings. The van der Waals surface area contributed by atoms with Gasteiger partial charge in [-0.2, -0.15) is 5.10 Å². The van der Waals surface area contributed by atoms with Gasteiger partial charge in [0.05, 0.1) is 5.69 Å². The zero-order chi connectivity index (χ0) is 10.8. The molecule has 1 atom stereocenters. The average molecular weight is 196 g/mol. The van der Waals surface area contributed by atoms with Crippen LogP contribution in [0.1, 0.15) is 26.0 Å². The highest BCUT2D eigenvalue weighted by molar-refractivity contribution is 5.37. The first kappa shape index (κ1) is 11.0. The third kappa shape index (κ3) is 2.73. The van der Waals surface area contributed by atoms with Crippen molar-refractivity contribution in [1.29, 1.82) is 0 Å². The molecule has 4 heteroatoms. The van der Waals surface area contributed by atoms with E-state index in [0.717, 1.165) is 24.5 Å². The van der Waals surface area contributed by atoms with Gasteiger partial charge in [-0.25, -0.2) is 0 Å². The van der Waals surface area contributed by atoms with Gasteiger partial charge in [0.15, 0.2) is 0 Å². The van der Waals surface area contributed by atoms with Crippen molar-refractivity contribution in [1.82, 2.24) is 9.78 Å². The normalized spacial score (nSPS) is 15.2. The summed E-state index contributed by atoms with van der Waals surface area (Å²) in [6.45, 7) is 6.88. The summed E-state index contributed by atoms with van der Waals surface area (Å²) in [6.07, 6.45) is 0.955. The minimum absolute atomic E-state index is 0.155. The third-order valence-electron chi connectivity index (χ3n) is 2.48. The van der Waals surface area contributed by atoms with Gasteiger partial charge in [0.2, 0.25) is 0 Å². The summed E-state index contributed by atoms with van der Waals surface area (Å²) < 4.78 is 1.83. The number of hydrogen-bond donors (Lipinski definition) is 2. The molecule has 0 aromatic carbocycles. The molecule has 0 saturated heterocycles. The molecule has 0 bridgehead atoms. The van der Waals surface area contributed by atoms with Crippen molar-refractivity contribution in [3.05, 3.63) is 11.8 Å². The SMILES string of the molecule is CCC(C)(N)CNc1cc(C)nn1C. The first-order chi connectivity index (χ1) is 6.44. The predicted octanol–water partition coefficient (Wildman–Crippen LogP) is 1.27. The summed E-state index contributed by atoms with van der Waals surface area (Å²) in [6, 6.07) is 2.02. The number of rotatable bonds is 4. The number of aromatic nitrogens is 2. The first-order valence-corrected chi connectivity index (χ1v) is 4.98. The van der Waals surface area contributed by atoms with Gasteiger partial charge < -0.3 is 11.1 Å². The third-order valence-corrected chi connectivity index (χ3v) is 2.48. The molecule has 0 aliphatic carbocycles. The lowest BCUT2D eigenvalue weighted by Crippen LogP contribution is -2.42. The largest absolute Gasteiger partial charge is 0.368 e. The smallest absolute Gasteiger partial charge is 0.124 e. The molecule has 0 saturated carbocycles. The molecule has 0 radical (unpaired) electrons. The lowest BCUT2D eigenvalue weighted by molar-refractivity contribution is 0.476. The molecule has 1 unspecified atom stereocenters. The Balaban J connectivity index is 2.58. The Hall–Kier alpha value is -1.03. The first-order valence-electron chi connectivity index (χ1n) is 4.98. The number of nitrogens with zero attached hydrogens (tertiary/aromatic N) is 2. The molecule has 3 N–H and O–H groups in total. The zero-order valence-electron chi connectivity index (χ0n) is 9.46. The van der Waals surface area contributed by atoms with E-state index in [4.69, 9.17) is 5.73 Å². The van der Waals surface area contributed by atoms with Gasteiger partial charge >= 0.3 is 0 Å². The predicted molar refractivity (Wildman–Crippen MR) is 59.3 cm³/mol. The van der Waals surface area contributed by atoms with Crippen LogP contribution in [0.3, 0.4) is 0 Å². The van der Waals surface area contributed by atoms with E-state index in [0.29, 0.717) is 0 Å². The van der Waals surface area contributed by atoms with Gasteiger partial charge in [0.1, 0.15) is 5.82 Å². The van der Waals surface area contributed by atoms with Gasteiger partial charge in [0.25, 0.3) is 0 Å². The van der Waals surface area contributed by atoms with Crippen LogP contribution in [-0.2, 0) is 7.05 Å². The van der Waals surface area contributed by atoms with E-state index in [9.17, 15) is 0 Å². The van der Waals surface area contributed by atoms with Gasteiger partial charge in [-0.15, -0.1) is 0 Å². The van der Waals surface area contributed by atoms with E-state index in [1.165, 1.54) is 0 Å². The van der Waals surface area contributed by atoms with Crippen molar-refractivity contribution in [2.75, 3.05) is 11.9 Å². The lowest BCUT2D eigenvalue weighted by atomic mass is 10.0. The lowest BCUT2D eigenvalue weighted by Gasteiger charge is -2.23. The van der Waals surface area contributed by atoms with Gasteiger partial charge in [-0.05, 0) is 20.3 Å². The number of nitrogens with two attached hydrogens (primary N) is 1. The fourth-order valence-corrected chi connectivity index (χ4v) is 1.19. The minimum atomic E-state index is -0.155. The van der Waals surface area contributed by atoms with Crippen molar-refractivity contribution in [2.45, 2.75) is 32.7 Å².